The van der Waals surface area contributed by atoms with Gasteiger partial charge in [0.15, 0.2) is 0 Å². The summed E-state index contributed by atoms with van der Waals surface area (Å²) in [5.74, 6) is 0.230. The minimum atomic E-state index is 0.0439. The Balaban J connectivity index is 3.38. The number of unbranched alkanes of at least 4 members (excludes halogenated alkanes) is 1. The average molecular weight is 284 g/mol. The molecule has 0 bridgehead atoms. The number of hydrogen-bond acceptors (Lipinski definition) is 3. The second-order valence-electron chi connectivity index (χ2n) is 2.87. The highest BCUT2D eigenvalue weighted by atomic mass is 127. The molecule has 0 aliphatic carbocycles. The van der Waals surface area contributed by atoms with Crippen molar-refractivity contribution in [3.05, 3.63) is 0 Å². The number of carbonyl (C=O) groups excluding carboxylic acids is 1. The summed E-state index contributed by atoms with van der Waals surface area (Å²) >= 11 is 2.04. The van der Waals surface area contributed by atoms with Gasteiger partial charge in [0.05, 0.1) is 6.04 Å². The molecule has 12 heavy (non-hydrogen) atoms. The van der Waals surface area contributed by atoms with Crippen LogP contribution in [0.2, 0.25) is 0 Å². The van der Waals surface area contributed by atoms with Gasteiger partial charge in [-0.2, -0.15) is 0 Å². The molecule has 0 aliphatic heterocycles. The zero-order valence-electron chi connectivity index (χ0n) is 7.69. The number of rotatable bonds is 7. The Morgan fingerprint density at radius 1 is 1.50 bits per heavy atom. The first kappa shape index (κ1) is 12.3. The van der Waals surface area contributed by atoms with Crippen LogP contribution in [0.15, 0.2) is 0 Å². The fourth-order valence-corrected chi connectivity index (χ4v) is 1.73. The van der Waals surface area contributed by atoms with Crippen molar-refractivity contribution >= 4 is 28.6 Å². The van der Waals surface area contributed by atoms with Crippen molar-refractivity contribution in [2.45, 2.75) is 32.2 Å². The largest absolute Gasteiger partial charge is 0.320 e. The molecule has 0 aliphatic rings. The van der Waals surface area contributed by atoms with E-state index in [0.717, 1.165) is 25.8 Å². The minimum absolute atomic E-state index is 0.0439. The lowest BCUT2D eigenvalue weighted by atomic mass is 10.1. The fourth-order valence-electron chi connectivity index (χ4n) is 0.985. The van der Waals surface area contributed by atoms with E-state index in [0.29, 0.717) is 0 Å². The van der Waals surface area contributed by atoms with Crippen molar-refractivity contribution in [2.75, 3.05) is 13.6 Å². The summed E-state index contributed by atoms with van der Waals surface area (Å²) < 4.78 is 2.98. The molecule has 0 heterocycles. The quantitative estimate of drug-likeness (QED) is 0.420. The van der Waals surface area contributed by atoms with Crippen molar-refractivity contribution in [1.82, 2.24) is 8.85 Å². The second kappa shape index (κ2) is 7.94. The summed E-state index contributed by atoms with van der Waals surface area (Å²) in [6.07, 6.45) is 3.18. The number of carbonyl (C=O) groups is 1. The maximum atomic E-state index is 11.0. The maximum absolute atomic E-state index is 11.0. The smallest absolute Gasteiger partial charge is 0.147 e. The van der Waals surface area contributed by atoms with Gasteiger partial charge < -0.3 is 5.32 Å². The normalized spacial score (nSPS) is 12.9. The van der Waals surface area contributed by atoms with Gasteiger partial charge >= 0.3 is 0 Å². The fraction of sp³-hybridized carbons (Fsp3) is 0.875. The van der Waals surface area contributed by atoms with Crippen LogP contribution in [0.25, 0.3) is 0 Å². The van der Waals surface area contributed by atoms with Crippen LogP contribution in [0.4, 0.5) is 0 Å². The summed E-state index contributed by atoms with van der Waals surface area (Å²) in [7, 11) is 1.94. The third-order valence-corrected chi connectivity index (χ3v) is 2.54. The third kappa shape index (κ3) is 5.91. The lowest BCUT2D eigenvalue weighted by Gasteiger charge is -2.10. The summed E-state index contributed by atoms with van der Waals surface area (Å²) in [4.78, 5) is 11.0. The lowest BCUT2D eigenvalue weighted by Crippen LogP contribution is -2.28. The molecule has 4 heteroatoms. The van der Waals surface area contributed by atoms with Crippen LogP contribution < -0.4 is 8.85 Å². The van der Waals surface area contributed by atoms with Crippen LogP contribution >= 0.6 is 22.9 Å². The Morgan fingerprint density at radius 2 is 2.17 bits per heavy atom. The Bertz CT molecular complexity index is 130. The predicted molar refractivity (Wildman–Crippen MR) is 59.4 cm³/mol. The van der Waals surface area contributed by atoms with Gasteiger partial charge in [0.1, 0.15) is 5.78 Å². The van der Waals surface area contributed by atoms with Crippen molar-refractivity contribution in [1.29, 1.82) is 0 Å². The first-order valence-corrected chi connectivity index (χ1v) is 5.31. The van der Waals surface area contributed by atoms with Gasteiger partial charge in [0, 0.05) is 22.9 Å². The monoisotopic (exact) mass is 284 g/mol. The van der Waals surface area contributed by atoms with Gasteiger partial charge in [0.25, 0.3) is 0 Å². The molecule has 0 unspecified atom stereocenters. The van der Waals surface area contributed by atoms with Gasteiger partial charge in [0.2, 0.25) is 0 Å². The molecule has 0 aromatic carbocycles. The Hall–Kier alpha value is 0.320. The molecular formula is C8H17IN2O. The Kier molecular flexibility index (Phi) is 8.15. The van der Waals surface area contributed by atoms with E-state index in [2.05, 4.69) is 8.85 Å². The average Bonchev–Trinajstić information content (AvgIpc) is 2.04. The van der Waals surface area contributed by atoms with Crippen LogP contribution in [-0.2, 0) is 4.79 Å². The highest BCUT2D eigenvalue weighted by molar-refractivity contribution is 14.1. The van der Waals surface area contributed by atoms with Crippen LogP contribution in [-0.4, -0.2) is 25.4 Å². The first-order valence-electron chi connectivity index (χ1n) is 4.23. The molecular weight excluding hydrogens is 267 g/mol. The van der Waals surface area contributed by atoms with Crippen molar-refractivity contribution < 1.29 is 4.79 Å². The van der Waals surface area contributed by atoms with E-state index in [1.54, 1.807) is 6.92 Å². The molecule has 72 valence electrons. The third-order valence-electron chi connectivity index (χ3n) is 1.79. The number of nitrogens with one attached hydrogen (secondary N) is 2. The molecule has 0 saturated heterocycles. The maximum Gasteiger partial charge on any atom is 0.147 e. The van der Waals surface area contributed by atoms with E-state index in [1.807, 2.05) is 29.9 Å². The minimum Gasteiger partial charge on any atom is -0.320 e. The van der Waals surface area contributed by atoms with Crippen molar-refractivity contribution in [3.8, 4) is 0 Å². The van der Waals surface area contributed by atoms with Crippen LogP contribution in [0.1, 0.15) is 26.2 Å². The second-order valence-corrected chi connectivity index (χ2v) is 3.49. The van der Waals surface area contributed by atoms with Gasteiger partial charge in [-0.05, 0) is 33.4 Å². The highest BCUT2D eigenvalue weighted by Crippen LogP contribution is 2.02. The van der Waals surface area contributed by atoms with Gasteiger partial charge in [-0.1, -0.05) is 6.42 Å². The molecule has 0 aromatic heterocycles. The molecule has 0 aromatic rings. The van der Waals surface area contributed by atoms with Crippen molar-refractivity contribution in [3.63, 3.8) is 0 Å². The van der Waals surface area contributed by atoms with E-state index >= 15 is 0 Å². The summed E-state index contributed by atoms with van der Waals surface area (Å²) in [6, 6.07) is 0.0439. The highest BCUT2D eigenvalue weighted by Gasteiger charge is 2.10. The topological polar surface area (TPSA) is 41.1 Å². The van der Waals surface area contributed by atoms with E-state index in [-0.39, 0.29) is 11.8 Å². The summed E-state index contributed by atoms with van der Waals surface area (Å²) in [5.41, 5.74) is 0. The molecule has 0 fully saturated rings. The van der Waals surface area contributed by atoms with E-state index in [4.69, 9.17) is 0 Å². The Labute approximate surface area is 88.2 Å². The first-order chi connectivity index (χ1) is 5.72. The van der Waals surface area contributed by atoms with E-state index < -0.39 is 0 Å². The van der Waals surface area contributed by atoms with Crippen molar-refractivity contribution in [2.24, 2.45) is 0 Å². The summed E-state index contributed by atoms with van der Waals surface area (Å²) in [6.45, 7) is 2.67. The zero-order chi connectivity index (χ0) is 9.40. The number of ketones is 1. The van der Waals surface area contributed by atoms with E-state index in [9.17, 15) is 4.79 Å². The molecule has 3 nitrogen and oxygen atoms in total. The zero-order valence-corrected chi connectivity index (χ0v) is 9.85. The van der Waals surface area contributed by atoms with Gasteiger partial charge in [-0.15, -0.1) is 0 Å². The van der Waals surface area contributed by atoms with Gasteiger partial charge in [-0.3, -0.25) is 8.32 Å². The van der Waals surface area contributed by atoms with E-state index in [1.165, 1.54) is 0 Å². The lowest BCUT2D eigenvalue weighted by molar-refractivity contribution is -0.118. The Morgan fingerprint density at radius 3 is 2.58 bits per heavy atom. The molecule has 1 atom stereocenters. The van der Waals surface area contributed by atoms with Crippen LogP contribution in [0.3, 0.4) is 0 Å². The van der Waals surface area contributed by atoms with Crippen LogP contribution in [0.5, 0.6) is 0 Å². The SMILES string of the molecule is CNCCCC[C@@H](NI)C(C)=O. The number of hydrogen-bond donors (Lipinski definition) is 2. The molecule has 0 amide bonds. The molecule has 0 saturated carbocycles. The van der Waals surface area contributed by atoms with Crippen LogP contribution in [0, 0.1) is 0 Å². The van der Waals surface area contributed by atoms with Gasteiger partial charge in [-0.25, -0.2) is 0 Å². The number of Topliss-reactive ketones (excluding diaryl/α,β-unsaturated/α-hetero) is 1. The standard InChI is InChI=1S/C8H17IN2O/c1-7(12)8(11-9)5-3-4-6-10-2/h8,10-11H,3-6H2,1-2H3/t8-/m1/s1. The molecule has 0 radical (unpaired) electrons. The summed E-state index contributed by atoms with van der Waals surface area (Å²) in [5, 5.41) is 3.08. The molecule has 2 N–H and O–H groups in total. The molecule has 0 rings (SSSR count). The number of halogens is 1. The molecule has 0 spiro atoms. The predicted octanol–water partition coefficient (Wildman–Crippen LogP) is 1.27.